The van der Waals surface area contributed by atoms with E-state index in [2.05, 4.69) is 50.6 Å². The minimum atomic E-state index is -0.0845. The van der Waals surface area contributed by atoms with Crippen LogP contribution in [0.25, 0.3) is 11.0 Å². The normalized spacial score (nSPS) is 12.3. The van der Waals surface area contributed by atoms with Crippen molar-refractivity contribution in [3.05, 3.63) is 29.6 Å². The second kappa shape index (κ2) is 4.15. The Morgan fingerprint density at radius 1 is 1.35 bits per heavy atom. The third-order valence-corrected chi connectivity index (χ3v) is 3.47. The van der Waals surface area contributed by atoms with Gasteiger partial charge in [-0.05, 0) is 18.1 Å². The standard InChI is InChI=1S/C14H21N3/c1-5-10-7-6-8-11-12(10)17(4)13(16-11)14(2,3)9-15/h6-8H,5,9,15H2,1-4H3. The highest BCUT2D eigenvalue weighted by atomic mass is 15.1. The van der Waals surface area contributed by atoms with Crippen molar-refractivity contribution in [3.8, 4) is 0 Å². The van der Waals surface area contributed by atoms with E-state index in [1.165, 1.54) is 11.1 Å². The van der Waals surface area contributed by atoms with Crippen LogP contribution in [0.5, 0.6) is 0 Å². The third kappa shape index (κ3) is 1.84. The Hall–Kier alpha value is -1.35. The van der Waals surface area contributed by atoms with Crippen molar-refractivity contribution < 1.29 is 0 Å². The molecule has 0 bridgehead atoms. The molecule has 3 heteroatoms. The first-order valence-corrected chi connectivity index (χ1v) is 6.16. The lowest BCUT2D eigenvalue weighted by Gasteiger charge is -2.21. The van der Waals surface area contributed by atoms with Crippen molar-refractivity contribution in [1.82, 2.24) is 9.55 Å². The molecule has 17 heavy (non-hydrogen) atoms. The number of nitrogens with two attached hydrogens (primary N) is 1. The molecule has 2 rings (SSSR count). The largest absolute Gasteiger partial charge is 0.330 e. The number of benzene rings is 1. The third-order valence-electron chi connectivity index (χ3n) is 3.47. The smallest absolute Gasteiger partial charge is 0.116 e. The van der Waals surface area contributed by atoms with E-state index in [0.717, 1.165) is 17.8 Å². The summed E-state index contributed by atoms with van der Waals surface area (Å²) in [5, 5.41) is 0. The van der Waals surface area contributed by atoms with Crippen molar-refractivity contribution in [2.75, 3.05) is 6.54 Å². The average Bonchev–Trinajstić information content (AvgIpc) is 2.67. The van der Waals surface area contributed by atoms with Gasteiger partial charge in [0.15, 0.2) is 0 Å². The van der Waals surface area contributed by atoms with Crippen molar-refractivity contribution in [1.29, 1.82) is 0 Å². The van der Waals surface area contributed by atoms with Gasteiger partial charge in [0, 0.05) is 19.0 Å². The number of aryl methyl sites for hydroxylation is 2. The van der Waals surface area contributed by atoms with E-state index in [1.807, 2.05) is 0 Å². The van der Waals surface area contributed by atoms with Crippen molar-refractivity contribution in [3.63, 3.8) is 0 Å². The molecule has 1 aromatic heterocycles. The molecule has 0 amide bonds. The Labute approximate surface area is 103 Å². The van der Waals surface area contributed by atoms with Crippen LogP contribution in [0.2, 0.25) is 0 Å². The highest BCUT2D eigenvalue weighted by molar-refractivity contribution is 5.80. The van der Waals surface area contributed by atoms with Crippen LogP contribution in [0.4, 0.5) is 0 Å². The summed E-state index contributed by atoms with van der Waals surface area (Å²) in [6, 6.07) is 6.32. The summed E-state index contributed by atoms with van der Waals surface area (Å²) < 4.78 is 2.20. The number of hydrogen-bond acceptors (Lipinski definition) is 2. The molecule has 1 aromatic carbocycles. The quantitative estimate of drug-likeness (QED) is 0.881. The minimum Gasteiger partial charge on any atom is -0.330 e. The van der Waals surface area contributed by atoms with Gasteiger partial charge >= 0.3 is 0 Å². The number of para-hydroxylation sites is 1. The van der Waals surface area contributed by atoms with Gasteiger partial charge in [-0.15, -0.1) is 0 Å². The molecule has 0 aliphatic rings. The van der Waals surface area contributed by atoms with Gasteiger partial charge in [0.2, 0.25) is 0 Å². The molecule has 0 spiro atoms. The predicted molar refractivity (Wildman–Crippen MR) is 72.2 cm³/mol. The number of imidazole rings is 1. The summed E-state index contributed by atoms with van der Waals surface area (Å²) in [4.78, 5) is 4.75. The summed E-state index contributed by atoms with van der Waals surface area (Å²) in [6.07, 6.45) is 1.03. The van der Waals surface area contributed by atoms with E-state index in [9.17, 15) is 0 Å². The number of fused-ring (bicyclic) bond motifs is 1. The lowest BCUT2D eigenvalue weighted by atomic mass is 9.93. The van der Waals surface area contributed by atoms with E-state index < -0.39 is 0 Å². The van der Waals surface area contributed by atoms with Gasteiger partial charge in [-0.25, -0.2) is 4.98 Å². The molecule has 1 heterocycles. The summed E-state index contributed by atoms with van der Waals surface area (Å²) in [5.41, 5.74) is 9.42. The Morgan fingerprint density at radius 3 is 2.65 bits per heavy atom. The summed E-state index contributed by atoms with van der Waals surface area (Å²) in [6.45, 7) is 7.06. The fraction of sp³-hybridized carbons (Fsp3) is 0.500. The minimum absolute atomic E-state index is 0.0845. The van der Waals surface area contributed by atoms with Crippen LogP contribution in [0.15, 0.2) is 18.2 Å². The monoisotopic (exact) mass is 231 g/mol. The van der Waals surface area contributed by atoms with E-state index in [0.29, 0.717) is 6.54 Å². The molecule has 92 valence electrons. The Morgan fingerprint density at radius 2 is 2.06 bits per heavy atom. The summed E-state index contributed by atoms with van der Waals surface area (Å²) in [5.74, 6) is 1.07. The molecule has 0 saturated heterocycles. The Balaban J connectivity index is 2.73. The maximum Gasteiger partial charge on any atom is 0.116 e. The number of hydrogen-bond donors (Lipinski definition) is 1. The molecule has 0 aliphatic carbocycles. The Bertz CT molecular complexity index is 538. The molecule has 0 atom stereocenters. The van der Waals surface area contributed by atoms with Crippen LogP contribution in [0, 0.1) is 0 Å². The van der Waals surface area contributed by atoms with Crippen LogP contribution >= 0.6 is 0 Å². The highest BCUT2D eigenvalue weighted by Crippen LogP contribution is 2.27. The van der Waals surface area contributed by atoms with Gasteiger partial charge in [0.1, 0.15) is 5.82 Å². The van der Waals surface area contributed by atoms with Gasteiger partial charge in [0.05, 0.1) is 11.0 Å². The summed E-state index contributed by atoms with van der Waals surface area (Å²) >= 11 is 0. The molecule has 0 saturated carbocycles. The lowest BCUT2D eigenvalue weighted by molar-refractivity contribution is 0.487. The van der Waals surface area contributed by atoms with Crippen LogP contribution in [0.3, 0.4) is 0 Å². The molecule has 2 N–H and O–H groups in total. The number of nitrogens with zero attached hydrogens (tertiary/aromatic N) is 2. The van der Waals surface area contributed by atoms with Crippen LogP contribution in [-0.4, -0.2) is 16.1 Å². The zero-order valence-corrected chi connectivity index (χ0v) is 11.1. The van der Waals surface area contributed by atoms with Gasteiger partial charge in [-0.1, -0.05) is 32.9 Å². The SMILES string of the molecule is CCc1cccc2nc(C(C)(C)CN)n(C)c12. The maximum atomic E-state index is 5.85. The zero-order chi connectivity index (χ0) is 12.6. The molecule has 0 unspecified atom stereocenters. The zero-order valence-electron chi connectivity index (χ0n) is 11.1. The highest BCUT2D eigenvalue weighted by Gasteiger charge is 2.25. The Kier molecular flexibility index (Phi) is 2.96. The van der Waals surface area contributed by atoms with Crippen LogP contribution < -0.4 is 5.73 Å². The van der Waals surface area contributed by atoms with E-state index >= 15 is 0 Å². The fourth-order valence-corrected chi connectivity index (χ4v) is 2.33. The maximum absolute atomic E-state index is 5.85. The molecular weight excluding hydrogens is 210 g/mol. The second-order valence-electron chi connectivity index (χ2n) is 5.22. The topological polar surface area (TPSA) is 43.8 Å². The lowest BCUT2D eigenvalue weighted by Crippen LogP contribution is -2.31. The van der Waals surface area contributed by atoms with Crippen molar-refractivity contribution in [2.45, 2.75) is 32.6 Å². The van der Waals surface area contributed by atoms with Crippen molar-refractivity contribution >= 4 is 11.0 Å². The van der Waals surface area contributed by atoms with E-state index in [4.69, 9.17) is 10.7 Å². The molecule has 0 aliphatic heterocycles. The van der Waals surface area contributed by atoms with Gasteiger partial charge in [-0.3, -0.25) is 0 Å². The van der Waals surface area contributed by atoms with Gasteiger partial charge < -0.3 is 10.3 Å². The van der Waals surface area contributed by atoms with Crippen molar-refractivity contribution in [2.24, 2.45) is 12.8 Å². The van der Waals surface area contributed by atoms with E-state index in [-0.39, 0.29) is 5.41 Å². The molecule has 2 aromatic rings. The fourth-order valence-electron chi connectivity index (χ4n) is 2.33. The molecule has 0 fully saturated rings. The summed E-state index contributed by atoms with van der Waals surface area (Å²) in [7, 11) is 2.08. The van der Waals surface area contributed by atoms with E-state index in [1.54, 1.807) is 0 Å². The first-order valence-electron chi connectivity index (χ1n) is 6.16. The first kappa shape index (κ1) is 12.1. The number of aromatic nitrogens is 2. The van der Waals surface area contributed by atoms with Gasteiger partial charge in [0.25, 0.3) is 0 Å². The van der Waals surface area contributed by atoms with Crippen LogP contribution in [-0.2, 0) is 18.9 Å². The average molecular weight is 231 g/mol. The molecule has 3 nitrogen and oxygen atoms in total. The predicted octanol–water partition coefficient (Wildman–Crippen LogP) is 2.37. The number of rotatable bonds is 3. The first-order chi connectivity index (χ1) is 8.01. The molecule has 0 radical (unpaired) electrons. The second-order valence-corrected chi connectivity index (χ2v) is 5.22. The molecular formula is C14H21N3. The van der Waals surface area contributed by atoms with Gasteiger partial charge in [-0.2, -0.15) is 0 Å². The van der Waals surface area contributed by atoms with Crippen LogP contribution in [0.1, 0.15) is 32.2 Å².